The van der Waals surface area contributed by atoms with Crippen LogP contribution >= 0.6 is 0 Å². The summed E-state index contributed by atoms with van der Waals surface area (Å²) >= 11 is 0. The number of hydrogen-bond donors (Lipinski definition) is 1. The van der Waals surface area contributed by atoms with Gasteiger partial charge in [-0.2, -0.15) is 0 Å². The fraction of sp³-hybridized carbons (Fsp3) is 0.240. The molecule has 1 N–H and O–H groups in total. The molecule has 3 aromatic carbocycles. The maximum absolute atomic E-state index is 11.1. The van der Waals surface area contributed by atoms with Crippen LogP contribution in [0, 0.1) is 12.8 Å². The molecule has 0 amide bonds. The van der Waals surface area contributed by atoms with Gasteiger partial charge in [-0.15, -0.1) is 0 Å². The van der Waals surface area contributed by atoms with Gasteiger partial charge >= 0.3 is 5.97 Å². The first-order valence-electron chi connectivity index (χ1n) is 10.1. The van der Waals surface area contributed by atoms with Crippen LogP contribution in [0.15, 0.2) is 66.7 Å². The van der Waals surface area contributed by atoms with E-state index in [0.29, 0.717) is 19.6 Å². The molecular weight excluding hydrogens is 378 g/mol. The molecule has 1 heterocycles. The summed E-state index contributed by atoms with van der Waals surface area (Å²) in [7, 11) is 0. The number of hydrogen-bond acceptors (Lipinski definition) is 4. The molecule has 1 aliphatic rings. The van der Waals surface area contributed by atoms with Crippen molar-refractivity contribution in [3.05, 3.63) is 77.9 Å². The molecule has 0 aromatic heterocycles. The summed E-state index contributed by atoms with van der Waals surface area (Å²) < 4.78 is 12.1. The van der Waals surface area contributed by atoms with Crippen LogP contribution in [0.2, 0.25) is 0 Å². The number of carboxylic acids is 1. The Balaban J connectivity index is 1.46. The van der Waals surface area contributed by atoms with Gasteiger partial charge in [-0.25, -0.2) is 0 Å². The number of carboxylic acid groups (broad SMARTS) is 1. The molecule has 0 radical (unpaired) electrons. The molecule has 0 saturated heterocycles. The SMILES string of the molecule is Cc1cc(CC(C)C(=O)O)ccc1OCCN1c2ccccc2Oc2ccccc21. The quantitative estimate of drug-likeness (QED) is 0.558. The first-order valence-corrected chi connectivity index (χ1v) is 10.1. The predicted octanol–water partition coefficient (Wildman–Crippen LogP) is 5.58. The summed E-state index contributed by atoms with van der Waals surface area (Å²) in [5.41, 5.74) is 4.06. The lowest BCUT2D eigenvalue weighted by atomic mass is 9.99. The van der Waals surface area contributed by atoms with Crippen LogP contribution in [0.25, 0.3) is 0 Å². The zero-order valence-electron chi connectivity index (χ0n) is 17.2. The number of aliphatic carboxylic acids is 1. The van der Waals surface area contributed by atoms with Crippen LogP contribution < -0.4 is 14.4 Å². The first-order chi connectivity index (χ1) is 14.5. The molecule has 5 nitrogen and oxygen atoms in total. The van der Waals surface area contributed by atoms with E-state index in [4.69, 9.17) is 14.6 Å². The summed E-state index contributed by atoms with van der Waals surface area (Å²) in [6.45, 7) is 4.90. The van der Waals surface area contributed by atoms with E-state index >= 15 is 0 Å². The zero-order valence-corrected chi connectivity index (χ0v) is 17.2. The van der Waals surface area contributed by atoms with E-state index in [-0.39, 0.29) is 0 Å². The standard InChI is InChI=1S/C25H25NO4/c1-17-15-19(16-18(2)25(27)28)11-12-22(17)29-14-13-26-20-7-3-5-9-23(20)30-24-10-6-4-8-21(24)26/h3-12,15,18H,13-14,16H2,1-2H3,(H,27,28). The zero-order chi connectivity index (χ0) is 21.1. The molecular formula is C25H25NO4. The van der Waals surface area contributed by atoms with Gasteiger partial charge in [-0.3, -0.25) is 4.79 Å². The molecule has 3 aromatic rings. The van der Waals surface area contributed by atoms with E-state index in [1.54, 1.807) is 6.92 Å². The van der Waals surface area contributed by atoms with Crippen LogP contribution in [0.3, 0.4) is 0 Å². The second-order valence-electron chi connectivity index (χ2n) is 7.58. The number of nitrogens with zero attached hydrogens (tertiary/aromatic N) is 1. The average Bonchev–Trinajstić information content (AvgIpc) is 2.74. The Bertz CT molecular complexity index is 1020. The van der Waals surface area contributed by atoms with Crippen molar-refractivity contribution in [1.82, 2.24) is 0 Å². The highest BCUT2D eigenvalue weighted by atomic mass is 16.5. The third-order valence-electron chi connectivity index (χ3n) is 5.31. The number of aryl methyl sites for hydroxylation is 1. The second kappa shape index (κ2) is 8.49. The summed E-state index contributed by atoms with van der Waals surface area (Å²) in [6, 6.07) is 21.9. The van der Waals surface area contributed by atoms with Gasteiger partial charge in [-0.1, -0.05) is 43.3 Å². The minimum absolute atomic E-state index is 0.405. The molecule has 1 aliphatic heterocycles. The summed E-state index contributed by atoms with van der Waals surface area (Å²) in [4.78, 5) is 13.3. The summed E-state index contributed by atoms with van der Waals surface area (Å²) in [5, 5.41) is 9.11. The molecule has 0 bridgehead atoms. The Morgan fingerprint density at radius 1 is 1.03 bits per heavy atom. The Kier molecular flexibility index (Phi) is 5.61. The highest BCUT2D eigenvalue weighted by molar-refractivity contribution is 5.77. The molecule has 0 saturated carbocycles. The lowest BCUT2D eigenvalue weighted by Gasteiger charge is -2.32. The van der Waals surface area contributed by atoms with Crippen molar-refractivity contribution in [3.8, 4) is 17.2 Å². The van der Waals surface area contributed by atoms with Crippen LogP contribution in [0.4, 0.5) is 11.4 Å². The number of anilines is 2. The molecule has 30 heavy (non-hydrogen) atoms. The molecule has 0 spiro atoms. The van der Waals surface area contributed by atoms with Crippen molar-refractivity contribution in [2.24, 2.45) is 5.92 Å². The van der Waals surface area contributed by atoms with Gasteiger partial charge in [0.1, 0.15) is 12.4 Å². The average molecular weight is 403 g/mol. The van der Waals surface area contributed by atoms with E-state index < -0.39 is 11.9 Å². The van der Waals surface area contributed by atoms with Crippen molar-refractivity contribution in [3.63, 3.8) is 0 Å². The topological polar surface area (TPSA) is 59.0 Å². The Morgan fingerprint density at radius 3 is 2.27 bits per heavy atom. The molecule has 154 valence electrons. The smallest absolute Gasteiger partial charge is 0.306 e. The maximum Gasteiger partial charge on any atom is 0.306 e. The van der Waals surface area contributed by atoms with Gasteiger partial charge in [0.05, 0.1) is 23.8 Å². The lowest BCUT2D eigenvalue weighted by molar-refractivity contribution is -0.141. The Hall–Kier alpha value is -3.47. The van der Waals surface area contributed by atoms with E-state index in [2.05, 4.69) is 17.0 Å². The number of ether oxygens (including phenoxy) is 2. The van der Waals surface area contributed by atoms with Crippen molar-refractivity contribution in [2.45, 2.75) is 20.3 Å². The number of para-hydroxylation sites is 4. The highest BCUT2D eigenvalue weighted by Gasteiger charge is 2.23. The Morgan fingerprint density at radius 2 is 1.67 bits per heavy atom. The van der Waals surface area contributed by atoms with E-state index in [1.807, 2.05) is 61.5 Å². The maximum atomic E-state index is 11.1. The highest BCUT2D eigenvalue weighted by Crippen LogP contribution is 2.45. The third kappa shape index (κ3) is 4.10. The fourth-order valence-electron chi connectivity index (χ4n) is 3.71. The molecule has 1 atom stereocenters. The van der Waals surface area contributed by atoms with Gasteiger partial charge in [0.2, 0.25) is 0 Å². The fourth-order valence-corrected chi connectivity index (χ4v) is 3.71. The van der Waals surface area contributed by atoms with Gasteiger partial charge in [0, 0.05) is 0 Å². The molecule has 4 rings (SSSR count). The molecule has 5 heteroatoms. The second-order valence-corrected chi connectivity index (χ2v) is 7.58. The van der Waals surface area contributed by atoms with Gasteiger partial charge < -0.3 is 19.5 Å². The van der Waals surface area contributed by atoms with Crippen molar-refractivity contribution in [1.29, 1.82) is 0 Å². The Labute approximate surface area is 176 Å². The third-order valence-corrected chi connectivity index (χ3v) is 5.31. The number of benzene rings is 3. The number of fused-ring (bicyclic) bond motifs is 2. The van der Waals surface area contributed by atoms with Crippen LogP contribution in [0.1, 0.15) is 18.1 Å². The van der Waals surface area contributed by atoms with Crippen molar-refractivity contribution in [2.75, 3.05) is 18.1 Å². The van der Waals surface area contributed by atoms with Crippen molar-refractivity contribution < 1.29 is 19.4 Å². The summed E-state index contributed by atoms with van der Waals surface area (Å²) in [5.74, 6) is 1.31. The van der Waals surface area contributed by atoms with Crippen LogP contribution in [0.5, 0.6) is 17.2 Å². The molecule has 0 aliphatic carbocycles. The molecule has 1 unspecified atom stereocenters. The lowest BCUT2D eigenvalue weighted by Crippen LogP contribution is -2.26. The first kappa shape index (κ1) is 19.8. The van der Waals surface area contributed by atoms with Gasteiger partial charge in [-0.05, 0) is 54.8 Å². The minimum atomic E-state index is -0.779. The predicted molar refractivity (Wildman–Crippen MR) is 117 cm³/mol. The van der Waals surface area contributed by atoms with E-state index in [9.17, 15) is 4.79 Å². The number of carbonyl (C=O) groups is 1. The van der Waals surface area contributed by atoms with Crippen molar-refractivity contribution >= 4 is 17.3 Å². The monoisotopic (exact) mass is 403 g/mol. The van der Waals surface area contributed by atoms with Gasteiger partial charge in [0.15, 0.2) is 11.5 Å². The molecule has 0 fully saturated rings. The van der Waals surface area contributed by atoms with Gasteiger partial charge in [0.25, 0.3) is 0 Å². The number of rotatable bonds is 7. The normalized spacial score (nSPS) is 13.1. The largest absolute Gasteiger partial charge is 0.491 e. The van der Waals surface area contributed by atoms with Crippen LogP contribution in [-0.2, 0) is 11.2 Å². The minimum Gasteiger partial charge on any atom is -0.491 e. The van der Waals surface area contributed by atoms with E-state index in [0.717, 1.165) is 39.8 Å². The summed E-state index contributed by atoms with van der Waals surface area (Å²) in [6.07, 6.45) is 0.512. The van der Waals surface area contributed by atoms with E-state index in [1.165, 1.54) is 0 Å². The van der Waals surface area contributed by atoms with Crippen LogP contribution in [-0.4, -0.2) is 24.2 Å².